The first-order chi connectivity index (χ1) is 15.1. The lowest BCUT2D eigenvalue weighted by molar-refractivity contribution is -0.129. The van der Waals surface area contributed by atoms with Crippen molar-refractivity contribution in [1.29, 1.82) is 0 Å². The number of nitrogen functional groups attached to an aromatic ring is 1. The number of aromatic nitrogens is 4. The van der Waals surface area contributed by atoms with E-state index in [2.05, 4.69) is 15.0 Å². The number of benzene rings is 1. The highest BCUT2D eigenvalue weighted by atomic mass is 35.5. The molecule has 1 aromatic carbocycles. The summed E-state index contributed by atoms with van der Waals surface area (Å²) in [5, 5.41) is 9.78. The lowest BCUT2D eigenvalue weighted by atomic mass is 10.1. The number of hydroxylamine groups is 1. The molecule has 0 aliphatic carbocycles. The van der Waals surface area contributed by atoms with Crippen LogP contribution in [0.25, 0.3) is 11.2 Å². The molecule has 0 fully saturated rings. The van der Waals surface area contributed by atoms with Gasteiger partial charge in [0.1, 0.15) is 6.33 Å². The number of halogens is 1. The molecule has 0 saturated carbocycles. The van der Waals surface area contributed by atoms with Gasteiger partial charge in [0.05, 0.1) is 5.02 Å². The summed E-state index contributed by atoms with van der Waals surface area (Å²) < 4.78 is 12.8. The number of nitrogens with zero attached hydrogens (tertiary/aromatic N) is 4. The van der Waals surface area contributed by atoms with Crippen LogP contribution in [0.4, 0.5) is 5.82 Å². The number of ether oxygens (including phenoxy) is 2. The van der Waals surface area contributed by atoms with Crippen molar-refractivity contribution in [2.45, 2.75) is 48.7 Å². The van der Waals surface area contributed by atoms with Gasteiger partial charge in [0.2, 0.25) is 12.7 Å². The average Bonchev–Trinajstić information content (AvgIpc) is 3.35. The first kappa shape index (κ1) is 21.5. The van der Waals surface area contributed by atoms with Gasteiger partial charge in [0, 0.05) is 23.9 Å². The molecular formula is C19H21ClN6O4S. The van der Waals surface area contributed by atoms with Crippen molar-refractivity contribution in [2.24, 2.45) is 0 Å². The Balaban J connectivity index is 1.52. The number of nitrogens with one attached hydrogen (secondary N) is 1. The van der Waals surface area contributed by atoms with E-state index in [4.69, 9.17) is 32.0 Å². The van der Waals surface area contributed by atoms with Crippen molar-refractivity contribution < 1.29 is 19.5 Å². The van der Waals surface area contributed by atoms with Gasteiger partial charge in [-0.15, -0.1) is 0 Å². The van der Waals surface area contributed by atoms with E-state index in [1.165, 1.54) is 18.1 Å². The Hall–Kier alpha value is -2.76. The fourth-order valence-electron chi connectivity index (χ4n) is 3.25. The van der Waals surface area contributed by atoms with E-state index in [9.17, 15) is 4.79 Å². The number of hydrogen-bond acceptors (Lipinski definition) is 9. The van der Waals surface area contributed by atoms with Gasteiger partial charge in [0.25, 0.3) is 0 Å². The summed E-state index contributed by atoms with van der Waals surface area (Å²) >= 11 is 7.84. The molecule has 0 atom stereocenters. The topological polar surface area (TPSA) is 137 Å². The second kappa shape index (κ2) is 9.58. The summed E-state index contributed by atoms with van der Waals surface area (Å²) in [4.78, 5) is 24.9. The van der Waals surface area contributed by atoms with Crippen LogP contribution in [0.2, 0.25) is 5.02 Å². The van der Waals surface area contributed by atoms with E-state index in [1.54, 1.807) is 11.5 Å². The van der Waals surface area contributed by atoms with Crippen LogP contribution in [0.5, 0.6) is 11.5 Å². The van der Waals surface area contributed by atoms with E-state index in [1.807, 2.05) is 10.6 Å². The zero-order valence-corrected chi connectivity index (χ0v) is 18.1. The zero-order chi connectivity index (χ0) is 21.8. The molecule has 0 bridgehead atoms. The molecule has 2 aromatic heterocycles. The summed E-state index contributed by atoms with van der Waals surface area (Å²) in [5.41, 5.74) is 8.86. The predicted octanol–water partition coefficient (Wildman–Crippen LogP) is 3.40. The SMILES string of the molecule is Nc1ncnc2c1nc(Sc1cc3c(cc1Cl)OCO3)n2CCCCCCC(=O)NO. The maximum atomic E-state index is 11.1. The molecule has 1 aliphatic rings. The number of unbranched alkanes of at least 4 members (excludes halogenated alkanes) is 3. The fraction of sp³-hybridized carbons (Fsp3) is 0.368. The van der Waals surface area contributed by atoms with Gasteiger partial charge in [-0.3, -0.25) is 10.0 Å². The Kier molecular flexibility index (Phi) is 6.64. The summed E-state index contributed by atoms with van der Waals surface area (Å²) in [6.45, 7) is 0.841. The van der Waals surface area contributed by atoms with E-state index < -0.39 is 0 Å². The Morgan fingerprint density at radius 2 is 2.00 bits per heavy atom. The maximum absolute atomic E-state index is 11.1. The maximum Gasteiger partial charge on any atom is 0.243 e. The largest absolute Gasteiger partial charge is 0.454 e. The van der Waals surface area contributed by atoms with Crippen LogP contribution in [0.1, 0.15) is 32.1 Å². The van der Waals surface area contributed by atoms with E-state index in [0.29, 0.717) is 58.0 Å². The smallest absolute Gasteiger partial charge is 0.243 e. The molecule has 4 rings (SSSR count). The van der Waals surface area contributed by atoms with Crippen molar-refractivity contribution in [2.75, 3.05) is 12.5 Å². The Bertz CT molecular complexity index is 1110. The molecule has 3 aromatic rings. The zero-order valence-electron chi connectivity index (χ0n) is 16.5. The predicted molar refractivity (Wildman–Crippen MR) is 114 cm³/mol. The monoisotopic (exact) mass is 464 g/mol. The lowest BCUT2D eigenvalue weighted by Crippen LogP contribution is -2.17. The molecule has 164 valence electrons. The van der Waals surface area contributed by atoms with Gasteiger partial charge >= 0.3 is 0 Å². The average molecular weight is 465 g/mol. The van der Waals surface area contributed by atoms with Crippen LogP contribution in [-0.4, -0.2) is 37.4 Å². The normalized spacial score (nSPS) is 12.5. The molecule has 1 aliphatic heterocycles. The number of carbonyl (C=O) groups excluding carboxylic acids is 1. The van der Waals surface area contributed by atoms with Gasteiger partial charge in [-0.05, 0) is 30.7 Å². The standard InChI is InChI=1S/C19H21ClN6O4S/c20-11-7-12-13(30-10-29-12)8-14(11)31-19-24-16-17(21)22-9-23-18(16)26(19)6-4-2-1-3-5-15(27)25-28/h7-9,28H,1-6,10H2,(H,25,27)(H2,21,22,23). The summed E-state index contributed by atoms with van der Waals surface area (Å²) in [6, 6.07) is 3.57. The Labute approximate surface area is 187 Å². The molecule has 1 amide bonds. The number of nitrogens with two attached hydrogens (primary N) is 1. The highest BCUT2D eigenvalue weighted by molar-refractivity contribution is 7.99. The first-order valence-corrected chi connectivity index (χ1v) is 10.9. The van der Waals surface area contributed by atoms with Crippen LogP contribution < -0.4 is 20.7 Å². The van der Waals surface area contributed by atoms with Crippen molar-refractivity contribution in [1.82, 2.24) is 25.0 Å². The third kappa shape index (κ3) is 4.78. The minimum Gasteiger partial charge on any atom is -0.454 e. The van der Waals surface area contributed by atoms with Crippen molar-refractivity contribution >= 4 is 46.3 Å². The van der Waals surface area contributed by atoms with Gasteiger partial charge in [0.15, 0.2) is 33.6 Å². The second-order valence-electron chi connectivity index (χ2n) is 6.91. The summed E-state index contributed by atoms with van der Waals surface area (Å²) in [5.74, 6) is 1.21. The van der Waals surface area contributed by atoms with Crippen LogP contribution in [0, 0.1) is 0 Å². The number of amides is 1. The number of imidazole rings is 1. The Morgan fingerprint density at radius 1 is 1.23 bits per heavy atom. The number of aryl methyl sites for hydroxylation is 1. The molecule has 31 heavy (non-hydrogen) atoms. The van der Waals surface area contributed by atoms with E-state index in [-0.39, 0.29) is 12.7 Å². The molecule has 10 nitrogen and oxygen atoms in total. The number of rotatable bonds is 9. The minimum atomic E-state index is -0.368. The number of fused-ring (bicyclic) bond motifs is 2. The van der Waals surface area contributed by atoms with Crippen LogP contribution in [-0.2, 0) is 11.3 Å². The van der Waals surface area contributed by atoms with Crippen molar-refractivity contribution in [3.63, 3.8) is 0 Å². The quantitative estimate of drug-likeness (QED) is 0.247. The summed E-state index contributed by atoms with van der Waals surface area (Å²) in [6.07, 6.45) is 5.07. The van der Waals surface area contributed by atoms with Gasteiger partial charge in [-0.25, -0.2) is 20.4 Å². The number of carbonyl (C=O) groups is 1. The second-order valence-corrected chi connectivity index (χ2v) is 8.33. The molecule has 4 N–H and O–H groups in total. The minimum absolute atomic E-state index is 0.171. The molecule has 3 heterocycles. The third-order valence-corrected chi connectivity index (χ3v) is 6.29. The van der Waals surface area contributed by atoms with Gasteiger partial charge in [-0.2, -0.15) is 0 Å². The van der Waals surface area contributed by atoms with Crippen LogP contribution in [0.3, 0.4) is 0 Å². The molecular weight excluding hydrogens is 444 g/mol. The number of hydrogen-bond donors (Lipinski definition) is 3. The van der Waals surface area contributed by atoms with E-state index in [0.717, 1.165) is 24.2 Å². The van der Waals surface area contributed by atoms with Gasteiger partial charge in [-0.1, -0.05) is 24.4 Å². The first-order valence-electron chi connectivity index (χ1n) is 9.73. The van der Waals surface area contributed by atoms with Crippen LogP contribution in [0.15, 0.2) is 28.5 Å². The van der Waals surface area contributed by atoms with Gasteiger partial charge < -0.3 is 19.8 Å². The molecule has 0 radical (unpaired) electrons. The highest BCUT2D eigenvalue weighted by Crippen LogP contribution is 2.43. The van der Waals surface area contributed by atoms with Crippen molar-refractivity contribution in [3.8, 4) is 11.5 Å². The Morgan fingerprint density at radius 3 is 2.81 bits per heavy atom. The van der Waals surface area contributed by atoms with Crippen molar-refractivity contribution in [3.05, 3.63) is 23.5 Å². The molecule has 0 saturated heterocycles. The molecule has 0 spiro atoms. The fourth-order valence-corrected chi connectivity index (χ4v) is 4.47. The third-order valence-electron chi connectivity index (χ3n) is 4.81. The van der Waals surface area contributed by atoms with Crippen LogP contribution >= 0.6 is 23.4 Å². The number of anilines is 1. The molecule has 12 heteroatoms. The molecule has 0 unspecified atom stereocenters. The van der Waals surface area contributed by atoms with E-state index >= 15 is 0 Å². The summed E-state index contributed by atoms with van der Waals surface area (Å²) in [7, 11) is 0. The highest BCUT2D eigenvalue weighted by Gasteiger charge is 2.20. The lowest BCUT2D eigenvalue weighted by Gasteiger charge is -2.10.